The van der Waals surface area contributed by atoms with Gasteiger partial charge < -0.3 is 5.32 Å². The first-order chi connectivity index (χ1) is 9.90. The highest BCUT2D eigenvalue weighted by molar-refractivity contribution is 7.11. The molecule has 1 unspecified atom stereocenters. The normalized spacial score (nSPS) is 25.4. The molecule has 1 N–H and O–H groups in total. The molecule has 110 valence electrons. The van der Waals surface area contributed by atoms with Crippen LogP contribution in [0.2, 0.25) is 0 Å². The lowest BCUT2D eigenvalue weighted by molar-refractivity contribution is 0.269. The molecule has 1 atom stereocenters. The lowest BCUT2D eigenvalue weighted by Gasteiger charge is -2.29. The summed E-state index contributed by atoms with van der Waals surface area (Å²) in [5.41, 5.74) is 1.44. The second-order valence-corrected chi connectivity index (χ2v) is 8.06. The van der Waals surface area contributed by atoms with Crippen molar-refractivity contribution in [3.05, 3.63) is 15.6 Å². The summed E-state index contributed by atoms with van der Waals surface area (Å²) < 4.78 is 0. The molecule has 0 spiro atoms. The van der Waals surface area contributed by atoms with Gasteiger partial charge >= 0.3 is 0 Å². The Labute approximate surface area is 126 Å². The molecule has 1 heterocycles. The van der Waals surface area contributed by atoms with E-state index in [-0.39, 0.29) is 0 Å². The summed E-state index contributed by atoms with van der Waals surface area (Å²) in [6.07, 6.45) is 15.1. The summed E-state index contributed by atoms with van der Waals surface area (Å²) in [5.74, 6) is 0.844. The molecule has 3 aliphatic rings. The van der Waals surface area contributed by atoms with E-state index >= 15 is 0 Å². The standard InChI is InChI=1S/C17H26N2S/c1-2-6-12(7-3-1)16(18-13-10-11-13)17-19-14-8-4-5-9-15(14)20-17/h12-13,16,18H,1-11H2. The fraction of sp³-hybridized carbons (Fsp3) is 0.824. The maximum Gasteiger partial charge on any atom is 0.110 e. The Morgan fingerprint density at radius 1 is 0.950 bits per heavy atom. The molecule has 4 rings (SSSR count). The molecule has 2 nitrogen and oxygen atoms in total. The third kappa shape index (κ3) is 2.80. The fourth-order valence-electron chi connectivity index (χ4n) is 3.89. The first kappa shape index (κ1) is 13.3. The van der Waals surface area contributed by atoms with E-state index < -0.39 is 0 Å². The summed E-state index contributed by atoms with van der Waals surface area (Å²) in [6.45, 7) is 0. The Morgan fingerprint density at radius 2 is 1.75 bits per heavy atom. The van der Waals surface area contributed by atoms with Gasteiger partial charge in [-0.25, -0.2) is 4.98 Å². The molecule has 20 heavy (non-hydrogen) atoms. The molecule has 0 radical (unpaired) electrons. The fourth-order valence-corrected chi connectivity index (χ4v) is 5.19. The van der Waals surface area contributed by atoms with Crippen molar-refractivity contribution in [2.45, 2.75) is 82.7 Å². The van der Waals surface area contributed by atoms with E-state index in [9.17, 15) is 0 Å². The van der Waals surface area contributed by atoms with Gasteiger partial charge in [0, 0.05) is 10.9 Å². The van der Waals surface area contributed by atoms with Crippen LogP contribution in [-0.2, 0) is 12.8 Å². The number of aromatic nitrogens is 1. The van der Waals surface area contributed by atoms with E-state index in [1.807, 2.05) is 11.3 Å². The second kappa shape index (κ2) is 5.76. The van der Waals surface area contributed by atoms with Gasteiger partial charge in [-0.3, -0.25) is 0 Å². The molecule has 0 aromatic carbocycles. The topological polar surface area (TPSA) is 24.9 Å². The van der Waals surface area contributed by atoms with Crippen molar-refractivity contribution in [1.29, 1.82) is 0 Å². The summed E-state index contributed by atoms with van der Waals surface area (Å²) in [4.78, 5) is 6.66. The van der Waals surface area contributed by atoms with Gasteiger partial charge in [0.2, 0.25) is 0 Å². The van der Waals surface area contributed by atoms with Crippen LogP contribution < -0.4 is 5.32 Å². The van der Waals surface area contributed by atoms with E-state index in [0.717, 1.165) is 12.0 Å². The molecule has 1 aromatic heterocycles. The maximum absolute atomic E-state index is 5.06. The van der Waals surface area contributed by atoms with Crippen LogP contribution in [0.5, 0.6) is 0 Å². The van der Waals surface area contributed by atoms with Crippen molar-refractivity contribution in [2.75, 3.05) is 0 Å². The largest absolute Gasteiger partial charge is 0.305 e. The SMILES string of the molecule is C1CCC(C(NC2CC2)c2nc3c(s2)CCCC3)CC1. The minimum Gasteiger partial charge on any atom is -0.305 e. The van der Waals surface area contributed by atoms with Crippen LogP contribution in [0.3, 0.4) is 0 Å². The minimum atomic E-state index is 0.568. The van der Waals surface area contributed by atoms with E-state index in [2.05, 4.69) is 5.32 Å². The third-order valence-corrected chi connectivity index (χ3v) is 6.48. The molecular weight excluding hydrogens is 264 g/mol. The number of nitrogens with zero attached hydrogens (tertiary/aromatic N) is 1. The Hall–Kier alpha value is -0.410. The van der Waals surface area contributed by atoms with Crippen molar-refractivity contribution in [2.24, 2.45) is 5.92 Å². The molecule has 1 aromatic rings. The zero-order valence-electron chi connectivity index (χ0n) is 12.4. The van der Waals surface area contributed by atoms with Gasteiger partial charge in [0.05, 0.1) is 11.7 Å². The zero-order valence-corrected chi connectivity index (χ0v) is 13.2. The summed E-state index contributed by atoms with van der Waals surface area (Å²) in [5, 5.41) is 5.36. The van der Waals surface area contributed by atoms with Crippen LogP contribution in [0, 0.1) is 5.92 Å². The van der Waals surface area contributed by atoms with Crippen LogP contribution in [0.25, 0.3) is 0 Å². The van der Waals surface area contributed by atoms with Crippen LogP contribution in [0.15, 0.2) is 0 Å². The molecule has 0 saturated heterocycles. The Kier molecular flexibility index (Phi) is 3.82. The first-order valence-corrected chi connectivity index (χ1v) is 9.46. The van der Waals surface area contributed by atoms with Gasteiger partial charge in [-0.05, 0) is 57.3 Å². The predicted molar refractivity (Wildman–Crippen MR) is 84.2 cm³/mol. The smallest absolute Gasteiger partial charge is 0.110 e. The highest BCUT2D eigenvalue weighted by atomic mass is 32.1. The van der Waals surface area contributed by atoms with E-state index in [4.69, 9.17) is 4.98 Å². The van der Waals surface area contributed by atoms with Gasteiger partial charge in [-0.15, -0.1) is 11.3 Å². The third-order valence-electron chi connectivity index (χ3n) is 5.24. The number of fused-ring (bicyclic) bond motifs is 1. The monoisotopic (exact) mass is 290 g/mol. The van der Waals surface area contributed by atoms with Crippen molar-refractivity contribution >= 4 is 11.3 Å². The first-order valence-electron chi connectivity index (χ1n) is 8.64. The average Bonchev–Trinajstić information content (AvgIpc) is 3.22. The maximum atomic E-state index is 5.06. The van der Waals surface area contributed by atoms with Crippen LogP contribution >= 0.6 is 11.3 Å². The molecule has 2 saturated carbocycles. The van der Waals surface area contributed by atoms with Gasteiger partial charge in [0.15, 0.2) is 0 Å². The van der Waals surface area contributed by atoms with E-state index in [1.165, 1.54) is 81.3 Å². The molecule has 0 bridgehead atoms. The van der Waals surface area contributed by atoms with Crippen LogP contribution in [0.1, 0.15) is 79.4 Å². The van der Waals surface area contributed by atoms with E-state index in [0.29, 0.717) is 6.04 Å². The van der Waals surface area contributed by atoms with Gasteiger partial charge in [-0.1, -0.05) is 19.3 Å². The van der Waals surface area contributed by atoms with Gasteiger partial charge in [0.25, 0.3) is 0 Å². The number of aryl methyl sites for hydroxylation is 2. The lowest BCUT2D eigenvalue weighted by atomic mass is 9.84. The number of nitrogens with one attached hydrogen (secondary N) is 1. The highest BCUT2D eigenvalue weighted by Crippen LogP contribution is 2.40. The van der Waals surface area contributed by atoms with Gasteiger partial charge in [-0.2, -0.15) is 0 Å². The van der Waals surface area contributed by atoms with Gasteiger partial charge in [0.1, 0.15) is 5.01 Å². The quantitative estimate of drug-likeness (QED) is 0.889. The number of hydrogen-bond acceptors (Lipinski definition) is 3. The molecule has 0 aliphatic heterocycles. The highest BCUT2D eigenvalue weighted by Gasteiger charge is 2.33. The van der Waals surface area contributed by atoms with Crippen molar-refractivity contribution in [3.8, 4) is 0 Å². The van der Waals surface area contributed by atoms with Crippen molar-refractivity contribution < 1.29 is 0 Å². The number of thiazole rings is 1. The molecule has 3 heteroatoms. The van der Waals surface area contributed by atoms with Crippen LogP contribution in [-0.4, -0.2) is 11.0 Å². The van der Waals surface area contributed by atoms with Crippen molar-refractivity contribution in [1.82, 2.24) is 10.3 Å². The predicted octanol–water partition coefficient (Wildman–Crippen LogP) is 4.40. The summed E-state index contributed by atoms with van der Waals surface area (Å²) >= 11 is 2.03. The summed E-state index contributed by atoms with van der Waals surface area (Å²) in [6, 6.07) is 1.36. The Bertz CT molecular complexity index is 434. The zero-order chi connectivity index (χ0) is 13.4. The molecular formula is C17H26N2S. The van der Waals surface area contributed by atoms with Crippen molar-refractivity contribution in [3.63, 3.8) is 0 Å². The molecule has 3 aliphatic carbocycles. The lowest BCUT2D eigenvalue weighted by Crippen LogP contribution is -2.31. The minimum absolute atomic E-state index is 0.568. The van der Waals surface area contributed by atoms with Crippen LogP contribution in [0.4, 0.5) is 0 Å². The van der Waals surface area contributed by atoms with E-state index in [1.54, 1.807) is 4.88 Å². The molecule has 0 amide bonds. The molecule has 2 fully saturated rings. The second-order valence-electron chi connectivity index (χ2n) is 6.95. The number of hydrogen-bond donors (Lipinski definition) is 1. The Balaban J connectivity index is 1.57. The number of rotatable bonds is 4. The Morgan fingerprint density at radius 3 is 2.50 bits per heavy atom. The average molecular weight is 290 g/mol. The summed E-state index contributed by atoms with van der Waals surface area (Å²) in [7, 11) is 0.